The van der Waals surface area contributed by atoms with Crippen molar-refractivity contribution in [1.29, 1.82) is 0 Å². The number of thiocarbonyl (C=S) groups is 1. The van der Waals surface area contributed by atoms with Gasteiger partial charge in [-0.3, -0.25) is 0 Å². The number of fused-ring (bicyclic) bond motifs is 4. The summed E-state index contributed by atoms with van der Waals surface area (Å²) >= 11 is 8.74. The van der Waals surface area contributed by atoms with E-state index in [0.29, 0.717) is 16.2 Å². The predicted molar refractivity (Wildman–Crippen MR) is 96.7 cm³/mol. The molecule has 4 rings (SSSR count). The van der Waals surface area contributed by atoms with E-state index in [9.17, 15) is 0 Å². The summed E-state index contributed by atoms with van der Waals surface area (Å²) in [7, 11) is 0. The Morgan fingerprint density at radius 2 is 1.80 bits per heavy atom. The molecular formula is C18H21IS. The Morgan fingerprint density at radius 3 is 2.30 bits per heavy atom. The minimum Gasteiger partial charge on any atom is -0.0884 e. The maximum atomic E-state index is 6.14. The average Bonchev–Trinajstić information content (AvgIpc) is 2.96. The third kappa shape index (κ3) is 1.32. The summed E-state index contributed by atoms with van der Waals surface area (Å²) in [6, 6.07) is 9.02. The van der Waals surface area contributed by atoms with Gasteiger partial charge in [0.05, 0.1) is 0 Å². The van der Waals surface area contributed by atoms with Crippen LogP contribution in [0.2, 0.25) is 0 Å². The number of halogens is 1. The van der Waals surface area contributed by atoms with E-state index in [2.05, 4.69) is 60.7 Å². The van der Waals surface area contributed by atoms with Gasteiger partial charge in [-0.05, 0) is 48.1 Å². The van der Waals surface area contributed by atoms with Gasteiger partial charge in [-0.1, -0.05) is 72.9 Å². The Morgan fingerprint density at radius 1 is 1.20 bits per heavy atom. The SMILES string of the molecule is CC1(C)C2CCC1(CI)C(=S)C21Cc2ccccc2C1. The predicted octanol–water partition coefficient (Wildman–Crippen LogP) is 5.01. The Hall–Kier alpha value is 0.0400. The van der Waals surface area contributed by atoms with Crippen molar-refractivity contribution in [2.24, 2.45) is 22.2 Å². The molecule has 2 unspecified atom stereocenters. The normalized spacial score (nSPS) is 35.8. The highest BCUT2D eigenvalue weighted by molar-refractivity contribution is 14.1. The zero-order valence-corrected chi connectivity index (χ0v) is 15.2. The smallest absolute Gasteiger partial charge is 0.0166 e. The second kappa shape index (κ2) is 4.07. The number of hydrogen-bond acceptors (Lipinski definition) is 1. The second-order valence-electron chi connectivity index (χ2n) is 7.64. The van der Waals surface area contributed by atoms with Crippen LogP contribution in [-0.4, -0.2) is 9.29 Å². The third-order valence-corrected chi connectivity index (χ3v) is 8.98. The molecule has 0 aliphatic heterocycles. The minimum absolute atomic E-state index is 0.298. The lowest BCUT2D eigenvalue weighted by Gasteiger charge is -2.38. The third-order valence-electron chi connectivity index (χ3n) is 6.88. The summed E-state index contributed by atoms with van der Waals surface area (Å²) in [5, 5.41) is 0. The zero-order chi connectivity index (χ0) is 14.2. The zero-order valence-electron chi connectivity index (χ0n) is 12.2. The van der Waals surface area contributed by atoms with Crippen LogP contribution in [0, 0.1) is 22.2 Å². The fourth-order valence-corrected chi connectivity index (χ4v) is 8.49. The molecule has 0 N–H and O–H groups in total. The quantitative estimate of drug-likeness (QED) is 0.365. The molecule has 20 heavy (non-hydrogen) atoms. The minimum atomic E-state index is 0.298. The van der Waals surface area contributed by atoms with E-state index in [1.54, 1.807) is 11.1 Å². The van der Waals surface area contributed by atoms with Crippen LogP contribution in [0.4, 0.5) is 0 Å². The van der Waals surface area contributed by atoms with Crippen LogP contribution in [-0.2, 0) is 12.8 Å². The van der Waals surface area contributed by atoms with E-state index in [-0.39, 0.29) is 0 Å². The van der Waals surface area contributed by atoms with Gasteiger partial charge in [-0.25, -0.2) is 0 Å². The summed E-state index contributed by atoms with van der Waals surface area (Å²) in [5.74, 6) is 0.782. The molecule has 1 spiro atoms. The van der Waals surface area contributed by atoms with Crippen LogP contribution in [0.15, 0.2) is 24.3 Å². The van der Waals surface area contributed by atoms with Crippen LogP contribution in [0.1, 0.15) is 37.8 Å². The second-order valence-corrected chi connectivity index (χ2v) is 8.81. The Balaban J connectivity index is 1.86. The molecule has 2 atom stereocenters. The number of alkyl halides is 1. The van der Waals surface area contributed by atoms with Crippen molar-refractivity contribution >= 4 is 39.7 Å². The summed E-state index contributed by atoms with van der Waals surface area (Å²) in [5.41, 5.74) is 4.11. The van der Waals surface area contributed by atoms with Crippen LogP contribution >= 0.6 is 34.8 Å². The van der Waals surface area contributed by atoms with Crippen LogP contribution < -0.4 is 0 Å². The lowest BCUT2D eigenvalue weighted by Crippen LogP contribution is -2.42. The van der Waals surface area contributed by atoms with E-state index >= 15 is 0 Å². The van der Waals surface area contributed by atoms with Crippen molar-refractivity contribution < 1.29 is 0 Å². The van der Waals surface area contributed by atoms with Gasteiger partial charge in [0.1, 0.15) is 0 Å². The molecule has 3 aliphatic carbocycles. The molecule has 0 heterocycles. The molecule has 3 aliphatic rings. The summed E-state index contributed by atoms with van der Waals surface area (Å²) in [6.07, 6.45) is 5.11. The Bertz CT molecular complexity index is 578. The highest BCUT2D eigenvalue weighted by Gasteiger charge is 2.72. The van der Waals surface area contributed by atoms with Gasteiger partial charge in [-0.2, -0.15) is 0 Å². The fraction of sp³-hybridized carbons (Fsp3) is 0.611. The molecule has 0 aromatic heterocycles. The Kier molecular flexibility index (Phi) is 2.78. The van der Waals surface area contributed by atoms with Gasteiger partial charge in [0.25, 0.3) is 0 Å². The monoisotopic (exact) mass is 396 g/mol. The van der Waals surface area contributed by atoms with Gasteiger partial charge in [0.15, 0.2) is 0 Å². The Labute approximate surface area is 140 Å². The number of benzene rings is 1. The molecule has 2 fully saturated rings. The largest absolute Gasteiger partial charge is 0.0884 e. The van der Waals surface area contributed by atoms with Crippen molar-refractivity contribution in [3.05, 3.63) is 35.4 Å². The first kappa shape index (κ1) is 13.7. The van der Waals surface area contributed by atoms with E-state index in [1.807, 2.05) is 0 Å². The first-order valence-electron chi connectivity index (χ1n) is 7.66. The molecular weight excluding hydrogens is 375 g/mol. The van der Waals surface area contributed by atoms with E-state index in [0.717, 1.165) is 5.92 Å². The molecule has 106 valence electrons. The molecule has 2 bridgehead atoms. The van der Waals surface area contributed by atoms with E-state index in [1.165, 1.54) is 35.0 Å². The van der Waals surface area contributed by atoms with Gasteiger partial charge >= 0.3 is 0 Å². The van der Waals surface area contributed by atoms with Crippen molar-refractivity contribution in [1.82, 2.24) is 0 Å². The summed E-state index contributed by atoms with van der Waals surface area (Å²) in [4.78, 5) is 1.43. The van der Waals surface area contributed by atoms with Crippen molar-refractivity contribution in [3.8, 4) is 0 Å². The molecule has 0 nitrogen and oxygen atoms in total. The van der Waals surface area contributed by atoms with Crippen molar-refractivity contribution in [3.63, 3.8) is 0 Å². The van der Waals surface area contributed by atoms with Crippen LogP contribution in [0.25, 0.3) is 0 Å². The average molecular weight is 396 g/mol. The van der Waals surface area contributed by atoms with Crippen molar-refractivity contribution in [2.45, 2.75) is 39.5 Å². The maximum Gasteiger partial charge on any atom is 0.0166 e. The maximum absolute atomic E-state index is 6.14. The van der Waals surface area contributed by atoms with E-state index in [4.69, 9.17) is 12.2 Å². The number of rotatable bonds is 1. The van der Waals surface area contributed by atoms with Crippen molar-refractivity contribution in [2.75, 3.05) is 4.43 Å². The molecule has 1 aromatic rings. The fourth-order valence-electron chi connectivity index (χ4n) is 5.77. The molecule has 1 aromatic carbocycles. The molecule has 2 heteroatoms. The lowest BCUT2D eigenvalue weighted by atomic mass is 9.68. The van der Waals surface area contributed by atoms with Crippen LogP contribution in [0.3, 0.4) is 0 Å². The molecule has 0 saturated heterocycles. The first-order chi connectivity index (χ1) is 9.48. The molecule has 2 saturated carbocycles. The van der Waals surface area contributed by atoms with Gasteiger partial charge in [0.2, 0.25) is 0 Å². The van der Waals surface area contributed by atoms with Gasteiger partial charge in [0, 0.05) is 20.1 Å². The van der Waals surface area contributed by atoms with Gasteiger partial charge < -0.3 is 0 Å². The lowest BCUT2D eigenvalue weighted by molar-refractivity contribution is 0.145. The highest BCUT2D eigenvalue weighted by atomic mass is 127. The van der Waals surface area contributed by atoms with Gasteiger partial charge in [-0.15, -0.1) is 0 Å². The molecule has 0 amide bonds. The molecule has 0 radical (unpaired) electrons. The highest BCUT2D eigenvalue weighted by Crippen LogP contribution is 2.73. The summed E-state index contributed by atoms with van der Waals surface area (Å²) < 4.78 is 1.20. The number of hydrogen-bond donors (Lipinski definition) is 0. The summed E-state index contributed by atoms with van der Waals surface area (Å²) in [6.45, 7) is 4.99. The van der Waals surface area contributed by atoms with E-state index < -0.39 is 0 Å². The van der Waals surface area contributed by atoms with Crippen LogP contribution in [0.5, 0.6) is 0 Å². The standard InChI is InChI=1S/C18H21IS/c1-16(2)14-7-8-18(16,11-19)15(20)17(14)9-12-5-3-4-6-13(12)10-17/h3-6,14H,7-11H2,1-2H3. The topological polar surface area (TPSA) is 0 Å². The first-order valence-corrected chi connectivity index (χ1v) is 9.59.